The molecule has 0 aliphatic rings. The molecule has 0 aliphatic carbocycles. The summed E-state index contributed by atoms with van der Waals surface area (Å²) in [6, 6.07) is 8.84. The second-order valence-corrected chi connectivity index (χ2v) is 5.41. The number of nitrogens with one attached hydrogen (secondary N) is 1. The van der Waals surface area contributed by atoms with E-state index in [9.17, 15) is 4.39 Å². The van der Waals surface area contributed by atoms with Crippen LogP contribution < -0.4 is 0 Å². The number of H-pyrrole nitrogens is 1. The van der Waals surface area contributed by atoms with Gasteiger partial charge in [-0.3, -0.25) is 5.10 Å². The molecule has 0 amide bonds. The van der Waals surface area contributed by atoms with Crippen LogP contribution in [0.1, 0.15) is 25.1 Å². The molecule has 0 saturated heterocycles. The standard InChI is InChI=1S/C15H15FN4O/c1-9-8-12(19-18-9)14-17-13(20-21-14)10-4-6-11(7-5-10)15(2,3)16/h4-8H,1-3H3,(H,18,19). The molecule has 2 heterocycles. The topological polar surface area (TPSA) is 67.6 Å². The Balaban J connectivity index is 1.90. The van der Waals surface area contributed by atoms with E-state index in [1.807, 2.05) is 13.0 Å². The first-order chi connectivity index (χ1) is 9.93. The summed E-state index contributed by atoms with van der Waals surface area (Å²) in [4.78, 5) is 4.30. The Morgan fingerprint density at radius 2 is 1.90 bits per heavy atom. The number of aromatic amines is 1. The summed E-state index contributed by atoms with van der Waals surface area (Å²) in [6.45, 7) is 4.94. The van der Waals surface area contributed by atoms with Gasteiger partial charge in [0.25, 0.3) is 5.89 Å². The van der Waals surface area contributed by atoms with Gasteiger partial charge >= 0.3 is 0 Å². The van der Waals surface area contributed by atoms with Crippen molar-refractivity contribution in [1.82, 2.24) is 20.3 Å². The van der Waals surface area contributed by atoms with Gasteiger partial charge in [-0.1, -0.05) is 29.4 Å². The summed E-state index contributed by atoms with van der Waals surface area (Å²) < 4.78 is 19.0. The maximum absolute atomic E-state index is 13.8. The molecule has 0 fully saturated rings. The van der Waals surface area contributed by atoms with E-state index in [0.717, 1.165) is 11.3 Å². The van der Waals surface area contributed by atoms with Crippen LogP contribution in [0.3, 0.4) is 0 Å². The predicted octanol–water partition coefficient (Wildman–Crippen LogP) is 3.64. The zero-order chi connectivity index (χ0) is 15.0. The van der Waals surface area contributed by atoms with Crippen molar-refractivity contribution in [3.63, 3.8) is 0 Å². The van der Waals surface area contributed by atoms with Crippen molar-refractivity contribution in [2.75, 3.05) is 0 Å². The second kappa shape index (κ2) is 4.80. The molecule has 0 spiro atoms. The van der Waals surface area contributed by atoms with E-state index < -0.39 is 5.67 Å². The number of alkyl halides is 1. The molecule has 0 unspecified atom stereocenters. The van der Waals surface area contributed by atoms with Gasteiger partial charge in [0, 0.05) is 11.3 Å². The van der Waals surface area contributed by atoms with E-state index >= 15 is 0 Å². The lowest BCUT2D eigenvalue weighted by atomic mass is 9.99. The summed E-state index contributed by atoms with van der Waals surface area (Å²) in [5, 5.41) is 10.8. The highest BCUT2D eigenvalue weighted by Crippen LogP contribution is 2.27. The van der Waals surface area contributed by atoms with Crippen molar-refractivity contribution < 1.29 is 8.91 Å². The Bertz CT molecular complexity index is 753. The zero-order valence-electron chi connectivity index (χ0n) is 12.0. The van der Waals surface area contributed by atoms with Crippen LogP contribution in [0.15, 0.2) is 34.9 Å². The van der Waals surface area contributed by atoms with Crippen molar-refractivity contribution in [1.29, 1.82) is 0 Å². The molecule has 1 aromatic carbocycles. The van der Waals surface area contributed by atoms with Crippen LogP contribution >= 0.6 is 0 Å². The molecule has 0 atom stereocenters. The maximum Gasteiger partial charge on any atom is 0.278 e. The largest absolute Gasteiger partial charge is 0.332 e. The molecule has 1 N–H and O–H groups in total. The Hall–Kier alpha value is -2.50. The highest BCUT2D eigenvalue weighted by Gasteiger charge is 2.19. The maximum atomic E-state index is 13.8. The average Bonchev–Trinajstić information content (AvgIpc) is 3.06. The Kier molecular flexibility index (Phi) is 3.08. The van der Waals surface area contributed by atoms with Gasteiger partial charge in [-0.05, 0) is 32.4 Å². The van der Waals surface area contributed by atoms with Gasteiger partial charge in [-0.15, -0.1) is 0 Å². The third kappa shape index (κ3) is 2.69. The molecular formula is C15H15FN4O. The Labute approximate surface area is 121 Å². The summed E-state index contributed by atoms with van der Waals surface area (Å²) in [6.07, 6.45) is 0. The van der Waals surface area contributed by atoms with E-state index in [1.165, 1.54) is 13.8 Å². The van der Waals surface area contributed by atoms with E-state index in [2.05, 4.69) is 20.3 Å². The van der Waals surface area contributed by atoms with Crippen LogP contribution in [-0.2, 0) is 5.67 Å². The second-order valence-electron chi connectivity index (χ2n) is 5.41. The van der Waals surface area contributed by atoms with Crippen molar-refractivity contribution >= 4 is 0 Å². The minimum absolute atomic E-state index is 0.351. The number of nitrogens with zero attached hydrogens (tertiary/aromatic N) is 3. The Morgan fingerprint density at radius 1 is 1.19 bits per heavy atom. The quantitative estimate of drug-likeness (QED) is 0.798. The SMILES string of the molecule is Cc1cc(-c2nc(-c3ccc(C(C)(C)F)cc3)no2)n[nH]1. The van der Waals surface area contributed by atoms with Crippen LogP contribution in [0.5, 0.6) is 0 Å². The smallest absolute Gasteiger partial charge is 0.278 e. The van der Waals surface area contributed by atoms with Crippen LogP contribution in [0.25, 0.3) is 23.0 Å². The molecule has 21 heavy (non-hydrogen) atoms. The number of hydrogen-bond donors (Lipinski definition) is 1. The summed E-state index contributed by atoms with van der Waals surface area (Å²) >= 11 is 0. The molecule has 3 rings (SSSR count). The molecule has 0 saturated carbocycles. The lowest BCUT2D eigenvalue weighted by Gasteiger charge is -2.14. The highest BCUT2D eigenvalue weighted by atomic mass is 19.1. The monoisotopic (exact) mass is 286 g/mol. The number of rotatable bonds is 3. The minimum atomic E-state index is -1.37. The number of hydrogen-bond acceptors (Lipinski definition) is 4. The molecule has 0 bridgehead atoms. The zero-order valence-corrected chi connectivity index (χ0v) is 12.0. The number of halogens is 1. The fourth-order valence-corrected chi connectivity index (χ4v) is 1.99. The molecule has 3 aromatic rings. The van der Waals surface area contributed by atoms with E-state index in [4.69, 9.17) is 4.52 Å². The lowest BCUT2D eigenvalue weighted by molar-refractivity contribution is 0.221. The third-order valence-corrected chi connectivity index (χ3v) is 3.18. The van der Waals surface area contributed by atoms with Crippen LogP contribution in [0.4, 0.5) is 4.39 Å². The summed E-state index contributed by atoms with van der Waals surface area (Å²) in [5.41, 5.74) is 1.53. The normalized spacial score (nSPS) is 11.8. The first-order valence-electron chi connectivity index (χ1n) is 6.59. The fourth-order valence-electron chi connectivity index (χ4n) is 1.99. The molecule has 5 nitrogen and oxygen atoms in total. The third-order valence-electron chi connectivity index (χ3n) is 3.18. The number of aromatic nitrogens is 4. The van der Waals surface area contributed by atoms with E-state index in [-0.39, 0.29) is 0 Å². The predicted molar refractivity (Wildman–Crippen MR) is 76.2 cm³/mol. The van der Waals surface area contributed by atoms with Gasteiger partial charge < -0.3 is 4.52 Å². The fraction of sp³-hybridized carbons (Fsp3) is 0.267. The molecule has 6 heteroatoms. The van der Waals surface area contributed by atoms with Gasteiger partial charge in [-0.2, -0.15) is 10.1 Å². The van der Waals surface area contributed by atoms with E-state index in [0.29, 0.717) is 23.0 Å². The molecular weight excluding hydrogens is 271 g/mol. The van der Waals surface area contributed by atoms with Crippen molar-refractivity contribution in [3.8, 4) is 23.0 Å². The van der Waals surface area contributed by atoms with Crippen LogP contribution in [0.2, 0.25) is 0 Å². The molecule has 108 valence electrons. The number of aryl methyl sites for hydroxylation is 1. The lowest BCUT2D eigenvalue weighted by Crippen LogP contribution is -2.08. The first kappa shape index (κ1) is 13.5. The summed E-state index contributed by atoms with van der Waals surface area (Å²) in [5.74, 6) is 0.804. The van der Waals surface area contributed by atoms with Crippen LogP contribution in [0, 0.1) is 6.92 Å². The molecule has 2 aromatic heterocycles. The van der Waals surface area contributed by atoms with E-state index in [1.54, 1.807) is 24.3 Å². The summed E-state index contributed by atoms with van der Waals surface area (Å²) in [7, 11) is 0. The van der Waals surface area contributed by atoms with Crippen molar-refractivity contribution in [2.24, 2.45) is 0 Å². The van der Waals surface area contributed by atoms with Gasteiger partial charge in [0.05, 0.1) is 0 Å². The van der Waals surface area contributed by atoms with Gasteiger partial charge in [-0.25, -0.2) is 4.39 Å². The van der Waals surface area contributed by atoms with Crippen LogP contribution in [-0.4, -0.2) is 20.3 Å². The average molecular weight is 286 g/mol. The van der Waals surface area contributed by atoms with Crippen molar-refractivity contribution in [3.05, 3.63) is 41.6 Å². The minimum Gasteiger partial charge on any atom is -0.332 e. The van der Waals surface area contributed by atoms with Gasteiger partial charge in [0.1, 0.15) is 5.67 Å². The first-order valence-corrected chi connectivity index (χ1v) is 6.59. The number of benzene rings is 1. The molecule has 0 aliphatic heterocycles. The Morgan fingerprint density at radius 3 is 2.48 bits per heavy atom. The molecule has 0 radical (unpaired) electrons. The van der Waals surface area contributed by atoms with Gasteiger partial charge in [0.2, 0.25) is 5.82 Å². The van der Waals surface area contributed by atoms with Gasteiger partial charge in [0.15, 0.2) is 5.69 Å². The highest BCUT2D eigenvalue weighted by molar-refractivity contribution is 5.58. The van der Waals surface area contributed by atoms with Crippen molar-refractivity contribution in [2.45, 2.75) is 26.4 Å².